The number of ether oxygens (including phenoxy) is 1. The van der Waals surface area contributed by atoms with E-state index in [1.54, 1.807) is 12.1 Å². The van der Waals surface area contributed by atoms with Gasteiger partial charge in [0.05, 0.1) is 31.8 Å². The number of aliphatic hydroxyl groups excluding tert-OH is 2. The van der Waals surface area contributed by atoms with Crippen LogP contribution in [0.3, 0.4) is 0 Å². The number of aliphatic hydroxyl groups is 2. The lowest BCUT2D eigenvalue weighted by molar-refractivity contribution is -0.148. The molecule has 1 aromatic heterocycles. The highest BCUT2D eigenvalue weighted by Gasteiger charge is 2.43. The molecule has 19 N–H and O–H groups in total. The normalized spacial score (nSPS) is 14.4. The Hall–Kier alpha value is -10.8. The van der Waals surface area contributed by atoms with Crippen LogP contribution in [0.4, 0.5) is 4.39 Å². The predicted octanol–water partition coefficient (Wildman–Crippen LogP) is -0.989. The number of aromatic amines is 1. The van der Waals surface area contributed by atoms with Crippen LogP contribution in [-0.4, -0.2) is 192 Å². The summed E-state index contributed by atoms with van der Waals surface area (Å²) >= 11 is 0. The third-order valence-electron chi connectivity index (χ3n) is 16.9. The van der Waals surface area contributed by atoms with Gasteiger partial charge in [0, 0.05) is 19.3 Å². The monoisotopic (exact) mass is 1450 g/mol. The fourth-order valence-corrected chi connectivity index (χ4v) is 11.0. The van der Waals surface area contributed by atoms with Gasteiger partial charge in [0.15, 0.2) is 5.82 Å². The minimum Gasteiger partial charge on any atom is -0.494 e. The van der Waals surface area contributed by atoms with Gasteiger partial charge in [-0.3, -0.25) is 62.7 Å². The Morgan fingerprint density at radius 2 is 1.27 bits per heavy atom. The second-order valence-corrected chi connectivity index (χ2v) is 26.1. The third kappa shape index (κ3) is 25.3. The van der Waals surface area contributed by atoms with Gasteiger partial charge < -0.3 is 79.4 Å². The smallest absolute Gasteiger partial charge is 0.305 e. The molecular weight excluding hydrogens is 1360 g/mol. The Bertz CT molecular complexity index is 3820. The second kappa shape index (κ2) is 39.5. The number of tetrazole rings is 1. The number of nitrogens with zero attached hydrogens (tertiary/aromatic N) is 3. The summed E-state index contributed by atoms with van der Waals surface area (Å²) in [5.41, 5.74) is 14.6. The lowest BCUT2D eigenvalue weighted by atomic mass is 9.90. The van der Waals surface area contributed by atoms with Crippen LogP contribution in [-0.2, 0) is 89.6 Å². The number of amides is 11. The molecule has 564 valence electrons. The van der Waals surface area contributed by atoms with Crippen LogP contribution < -0.4 is 69.5 Å². The molecule has 10 atom stereocenters. The average Bonchev–Trinajstić information content (AvgIpc) is 0.938. The van der Waals surface area contributed by atoms with E-state index in [-0.39, 0.29) is 24.2 Å². The van der Waals surface area contributed by atoms with Crippen LogP contribution in [0.5, 0.6) is 5.75 Å². The fraction of sp³-hybridized carbons (Fsp3) is 0.471. The number of nitrogens with one attached hydrogen (secondary N) is 11. The second-order valence-electron chi connectivity index (χ2n) is 26.1. The van der Waals surface area contributed by atoms with Crippen LogP contribution in [0, 0.1) is 25.1 Å². The molecule has 0 bridgehead atoms. The summed E-state index contributed by atoms with van der Waals surface area (Å²) in [7, 11) is 0. The number of carbonyl (C=O) groups excluding carboxylic acids is 11. The highest BCUT2D eigenvalue weighted by molar-refractivity contribution is 6.05. The van der Waals surface area contributed by atoms with Gasteiger partial charge in [-0.05, 0) is 152 Å². The van der Waals surface area contributed by atoms with Gasteiger partial charge in [0.25, 0.3) is 5.91 Å². The van der Waals surface area contributed by atoms with Crippen molar-refractivity contribution in [3.63, 3.8) is 0 Å². The summed E-state index contributed by atoms with van der Waals surface area (Å²) < 4.78 is 21.4. The highest BCUT2D eigenvalue weighted by Crippen LogP contribution is 2.29. The molecule has 0 radical (unpaired) electrons. The Labute approximate surface area is 599 Å². The number of carboxylic acid groups (broad SMARTS) is 1. The number of nitrogens with two attached hydrogens (primary N) is 2. The number of halogens is 1. The zero-order valence-corrected chi connectivity index (χ0v) is 59.4. The van der Waals surface area contributed by atoms with E-state index < -0.39 is 168 Å². The van der Waals surface area contributed by atoms with E-state index in [0.717, 1.165) is 93.8 Å². The van der Waals surface area contributed by atoms with Crippen molar-refractivity contribution in [3.8, 4) is 16.9 Å². The predicted molar refractivity (Wildman–Crippen MR) is 373 cm³/mol. The van der Waals surface area contributed by atoms with E-state index in [0.29, 0.717) is 43.7 Å². The molecular formula is C70H95FN16O17. The van der Waals surface area contributed by atoms with Crippen molar-refractivity contribution in [1.82, 2.24) is 74.0 Å². The molecule has 0 saturated carbocycles. The van der Waals surface area contributed by atoms with Gasteiger partial charge in [-0.2, -0.15) is 5.21 Å². The number of carboxylic acids is 1. The van der Waals surface area contributed by atoms with Crippen molar-refractivity contribution in [3.05, 3.63) is 130 Å². The van der Waals surface area contributed by atoms with E-state index in [1.165, 1.54) is 23.7 Å². The molecule has 0 fully saturated rings. The fourth-order valence-electron chi connectivity index (χ4n) is 11.0. The molecule has 0 spiro atoms. The summed E-state index contributed by atoms with van der Waals surface area (Å²) in [6.45, 7) is 12.6. The first-order valence-electron chi connectivity index (χ1n) is 33.7. The number of primary amides is 1. The summed E-state index contributed by atoms with van der Waals surface area (Å²) in [4.78, 5) is 163. The maximum Gasteiger partial charge on any atom is 0.305 e. The Balaban J connectivity index is 1.34. The standard InChI is InChI=1S/C70H95FN16O17/c1-10-44-32-47(104-27-14-13-26-72)24-25-48(44)45-22-20-42(21-23-45)31-51(62(96)76-50(59(73)93)19-15-16-43-29-37(2)28-38(3)30-43)78-63(97)53(34-56(91)92)77-60(94)39(4)75-64(98)57(40(5)88)81-68(102)70(9,35-46-17-11-12-18-49(46)71)82-65(99)58(41(6)89)80-55(90)36-74-61(95)52(33-54-83-86-87-84-54)79-66(100)69(7,8)67(101)85-103/h11-12,17-18,20-25,28-30,32,39-41,50-53,57-58,88-89,103H,10,13-16,19,26-27,31,33-36,72H2,1-9H3,(H2,73,93)(H,74,95)(H,75,98)(H,76,96)(H,77,94)(H,78,97)(H,79,100)(H,80,90)(H,81,102)(H,82,99)(H,85,101)(H,91,92)(H,83,84,86,87)/t39-,40+,41+,50-,51-,52-,53-,57-,58-,70-/m0/s1. The third-order valence-corrected chi connectivity index (χ3v) is 16.9. The number of aryl methyl sites for hydroxylation is 4. The molecule has 0 unspecified atom stereocenters. The van der Waals surface area contributed by atoms with E-state index in [2.05, 4.69) is 68.5 Å². The minimum absolute atomic E-state index is 0.0949. The molecule has 34 heteroatoms. The summed E-state index contributed by atoms with van der Waals surface area (Å²) in [5, 5.41) is 75.3. The molecule has 4 aromatic carbocycles. The number of unbranched alkanes of at least 4 members (excludes halogenated alkanes) is 1. The zero-order chi connectivity index (χ0) is 77.2. The molecule has 0 aliphatic rings. The van der Waals surface area contributed by atoms with Crippen molar-refractivity contribution in [2.45, 2.75) is 187 Å². The van der Waals surface area contributed by atoms with Crippen LogP contribution in [0.15, 0.2) is 84.9 Å². The number of carbonyl (C=O) groups is 12. The quantitative estimate of drug-likeness (QED) is 0.00967. The molecule has 104 heavy (non-hydrogen) atoms. The van der Waals surface area contributed by atoms with Crippen molar-refractivity contribution >= 4 is 70.9 Å². The van der Waals surface area contributed by atoms with E-state index in [1.807, 2.05) is 69.3 Å². The van der Waals surface area contributed by atoms with Crippen LogP contribution in [0.25, 0.3) is 11.1 Å². The number of aromatic nitrogens is 4. The van der Waals surface area contributed by atoms with Gasteiger partial charge in [-0.1, -0.05) is 90.0 Å². The SMILES string of the molecule is CCc1cc(OCCCCN)ccc1-c1ccc(C[C@H](NC(=O)[C@H](CC(=O)O)NC(=O)[C@H](C)NC(=O)[C@@H](NC(=O)[C@](C)(Cc2ccccc2F)NC(=O)[C@@H](NC(=O)CNC(=O)[C@H](Cc2nn[nH]n2)NC(=O)C(C)(C)C(=O)NO)[C@@H](C)O)[C@@H](C)O)C(=O)N[C@@H](CCCc2cc(C)cc(C)c2)C(N)=O)cc1. The minimum atomic E-state index is -2.35. The molecule has 0 aliphatic heterocycles. The number of H-pyrrole nitrogens is 1. The molecule has 1 heterocycles. The molecule has 5 aromatic rings. The first-order chi connectivity index (χ1) is 49.1. The van der Waals surface area contributed by atoms with Crippen LogP contribution in [0.2, 0.25) is 0 Å². The summed E-state index contributed by atoms with van der Waals surface area (Å²) in [5.74, 6) is -14.2. The molecule has 11 amide bonds. The van der Waals surface area contributed by atoms with Crippen molar-refractivity contribution in [1.29, 1.82) is 0 Å². The van der Waals surface area contributed by atoms with E-state index >= 15 is 4.39 Å². The number of benzene rings is 4. The highest BCUT2D eigenvalue weighted by atomic mass is 19.1. The van der Waals surface area contributed by atoms with Gasteiger partial charge in [-0.15, -0.1) is 10.2 Å². The average molecular weight is 1450 g/mol. The zero-order valence-electron chi connectivity index (χ0n) is 59.4. The molecule has 5 rings (SSSR count). The number of hydrogen-bond donors (Lipinski definition) is 17. The topological polar surface area (TPSA) is 522 Å². The van der Waals surface area contributed by atoms with E-state index in [9.17, 15) is 72.9 Å². The van der Waals surface area contributed by atoms with Gasteiger partial charge in [0.2, 0.25) is 59.1 Å². The first-order valence-corrected chi connectivity index (χ1v) is 33.7. The molecule has 0 saturated heterocycles. The van der Waals surface area contributed by atoms with Crippen LogP contribution >= 0.6 is 0 Å². The van der Waals surface area contributed by atoms with Gasteiger partial charge in [0.1, 0.15) is 64.8 Å². The Kier molecular flexibility index (Phi) is 31.9. The lowest BCUT2D eigenvalue weighted by Gasteiger charge is -2.34. The van der Waals surface area contributed by atoms with Crippen molar-refractivity contribution in [2.75, 3.05) is 19.7 Å². The molecule has 0 aliphatic carbocycles. The number of hydroxylamine groups is 1. The van der Waals surface area contributed by atoms with Gasteiger partial charge >= 0.3 is 5.97 Å². The number of hydrogen-bond acceptors (Lipinski definition) is 20. The van der Waals surface area contributed by atoms with Crippen molar-refractivity contribution in [2.24, 2.45) is 16.9 Å². The largest absolute Gasteiger partial charge is 0.494 e. The maximum absolute atomic E-state index is 15.4. The first kappa shape index (κ1) is 83.8. The van der Waals surface area contributed by atoms with Gasteiger partial charge in [-0.25, -0.2) is 9.87 Å². The van der Waals surface area contributed by atoms with E-state index in [4.69, 9.17) is 21.4 Å². The summed E-state index contributed by atoms with van der Waals surface area (Å²) in [6.07, 6.45) is -2.72. The maximum atomic E-state index is 15.4. The lowest BCUT2D eigenvalue weighted by Crippen LogP contribution is -2.66. The summed E-state index contributed by atoms with van der Waals surface area (Å²) in [6, 6.07) is 11.9. The van der Waals surface area contributed by atoms with Crippen molar-refractivity contribution < 1.29 is 87.2 Å². The molecule has 33 nitrogen and oxygen atoms in total. The number of rotatable bonds is 41. The van der Waals surface area contributed by atoms with Crippen LogP contribution in [0.1, 0.15) is 120 Å². The Morgan fingerprint density at radius 3 is 1.87 bits per heavy atom. The Morgan fingerprint density at radius 1 is 0.644 bits per heavy atom. The number of aliphatic carboxylic acids is 1.